The molecule has 6 heteroatoms. The van der Waals surface area contributed by atoms with Gasteiger partial charge in [0.1, 0.15) is 0 Å². The third-order valence-corrected chi connectivity index (χ3v) is 4.57. The Hall–Kier alpha value is -1.63. The summed E-state index contributed by atoms with van der Waals surface area (Å²) >= 11 is 0. The Morgan fingerprint density at radius 2 is 1.88 bits per heavy atom. The first kappa shape index (κ1) is 17.2. The molecular weight excluding hydrogens is 308 g/mol. The minimum Gasteiger partial charge on any atom is -0.469 e. The smallest absolute Gasteiger partial charge is 0.308 e. The first-order valence-corrected chi connectivity index (χ1v) is 8.57. The number of carbonyl (C=O) groups is 1. The normalized spacial score (nSPS) is 25.5. The molecular formula is C18H26N2O4. The number of carbonyl (C=O) groups excluding carboxylic acids is 1. The highest BCUT2D eigenvalue weighted by Crippen LogP contribution is 2.18. The number of hydrogen-bond donors (Lipinski definition) is 0. The maximum Gasteiger partial charge on any atom is 0.308 e. The van der Waals surface area contributed by atoms with Crippen LogP contribution < -0.4 is 4.90 Å². The lowest BCUT2D eigenvalue weighted by Crippen LogP contribution is -2.51. The van der Waals surface area contributed by atoms with Gasteiger partial charge in [0.15, 0.2) is 0 Å². The third kappa shape index (κ3) is 4.69. The van der Waals surface area contributed by atoms with Gasteiger partial charge in [-0.15, -0.1) is 0 Å². The Morgan fingerprint density at radius 3 is 2.67 bits per heavy atom. The summed E-state index contributed by atoms with van der Waals surface area (Å²) in [5.74, 6) is -0.217. The van der Waals surface area contributed by atoms with E-state index in [2.05, 4.69) is 34.1 Å². The van der Waals surface area contributed by atoms with Crippen LogP contribution in [0.4, 0.5) is 5.69 Å². The fourth-order valence-corrected chi connectivity index (χ4v) is 3.33. The number of methoxy groups -OCH3 is 1. The van der Waals surface area contributed by atoms with E-state index in [1.165, 1.54) is 12.8 Å². The molecule has 2 fully saturated rings. The Morgan fingerprint density at radius 1 is 1.12 bits per heavy atom. The molecule has 6 nitrogen and oxygen atoms in total. The molecule has 0 spiro atoms. The minimum atomic E-state index is -0.217. The van der Waals surface area contributed by atoms with Crippen LogP contribution in [0.1, 0.15) is 6.42 Å². The fourth-order valence-electron chi connectivity index (χ4n) is 3.33. The van der Waals surface area contributed by atoms with Crippen molar-refractivity contribution in [3.8, 4) is 0 Å². The highest BCUT2D eigenvalue weighted by Gasteiger charge is 2.27. The molecule has 0 saturated carbocycles. The van der Waals surface area contributed by atoms with E-state index < -0.39 is 0 Å². The Kier molecular flexibility index (Phi) is 6.07. The number of morpholine rings is 2. The number of ether oxygens (including phenoxy) is 3. The SMILES string of the molecule is COC(=O)C[C@H]1CN(C[C@H]2CN(c3ccccc3)CCO2)CCO1. The zero-order chi connectivity index (χ0) is 16.8. The monoisotopic (exact) mass is 334 g/mol. The highest BCUT2D eigenvalue weighted by molar-refractivity contribution is 5.69. The number of benzene rings is 1. The van der Waals surface area contributed by atoms with E-state index in [1.807, 2.05) is 6.07 Å². The van der Waals surface area contributed by atoms with Crippen molar-refractivity contribution in [2.75, 3.05) is 57.9 Å². The van der Waals surface area contributed by atoms with E-state index in [-0.39, 0.29) is 18.2 Å². The lowest BCUT2D eigenvalue weighted by molar-refractivity contribution is -0.146. The molecule has 2 aliphatic rings. The lowest BCUT2D eigenvalue weighted by atomic mass is 10.1. The van der Waals surface area contributed by atoms with Gasteiger partial charge in [-0.05, 0) is 12.1 Å². The molecule has 1 aromatic carbocycles. The van der Waals surface area contributed by atoms with Crippen molar-refractivity contribution in [3.63, 3.8) is 0 Å². The molecule has 0 radical (unpaired) electrons. The summed E-state index contributed by atoms with van der Waals surface area (Å²) in [5, 5.41) is 0. The van der Waals surface area contributed by atoms with Crippen molar-refractivity contribution >= 4 is 11.7 Å². The standard InChI is InChI=1S/C18H26N2O4/c1-22-18(21)11-16-12-19(7-9-23-16)13-17-14-20(8-10-24-17)15-5-3-2-4-6-15/h2-6,16-17H,7-14H2,1H3/t16-,17-/m0/s1. The molecule has 0 amide bonds. The van der Waals surface area contributed by atoms with E-state index in [1.54, 1.807) is 0 Å². The van der Waals surface area contributed by atoms with Crippen LogP contribution in [0.2, 0.25) is 0 Å². The number of esters is 1. The van der Waals surface area contributed by atoms with Gasteiger partial charge in [0.25, 0.3) is 0 Å². The predicted octanol–water partition coefficient (Wildman–Crippen LogP) is 1.16. The molecule has 3 rings (SSSR count). The summed E-state index contributed by atoms with van der Waals surface area (Å²) in [4.78, 5) is 16.1. The van der Waals surface area contributed by atoms with Crippen molar-refractivity contribution in [2.45, 2.75) is 18.6 Å². The number of para-hydroxylation sites is 1. The minimum absolute atomic E-state index is 0.0833. The van der Waals surface area contributed by atoms with Gasteiger partial charge in [0.2, 0.25) is 0 Å². The van der Waals surface area contributed by atoms with E-state index >= 15 is 0 Å². The summed E-state index contributed by atoms with van der Waals surface area (Å²) in [6, 6.07) is 10.5. The number of anilines is 1. The zero-order valence-corrected chi connectivity index (χ0v) is 14.2. The molecule has 1 aromatic rings. The summed E-state index contributed by atoms with van der Waals surface area (Å²) in [7, 11) is 1.41. The van der Waals surface area contributed by atoms with Crippen LogP contribution in [0.3, 0.4) is 0 Å². The Bertz CT molecular complexity index is 525. The van der Waals surface area contributed by atoms with Crippen LogP contribution in [-0.4, -0.2) is 76.1 Å². The molecule has 2 aliphatic heterocycles. The van der Waals surface area contributed by atoms with Gasteiger partial charge >= 0.3 is 5.97 Å². The van der Waals surface area contributed by atoms with Gasteiger partial charge in [0, 0.05) is 38.4 Å². The Balaban J connectivity index is 1.51. The zero-order valence-electron chi connectivity index (χ0n) is 14.2. The summed E-state index contributed by atoms with van der Waals surface area (Å²) in [5.41, 5.74) is 1.25. The van der Waals surface area contributed by atoms with Crippen LogP contribution in [0.25, 0.3) is 0 Å². The quantitative estimate of drug-likeness (QED) is 0.753. The molecule has 0 N–H and O–H groups in total. The van der Waals surface area contributed by atoms with Gasteiger partial charge in [-0.1, -0.05) is 18.2 Å². The molecule has 2 saturated heterocycles. The first-order valence-electron chi connectivity index (χ1n) is 8.57. The summed E-state index contributed by atoms with van der Waals surface area (Å²) in [6.07, 6.45) is 0.408. The number of rotatable bonds is 5. The third-order valence-electron chi connectivity index (χ3n) is 4.57. The molecule has 0 aromatic heterocycles. The lowest BCUT2D eigenvalue weighted by Gasteiger charge is -2.39. The van der Waals surface area contributed by atoms with Gasteiger partial charge in [-0.2, -0.15) is 0 Å². The summed E-state index contributed by atoms with van der Waals surface area (Å²) in [6.45, 7) is 5.71. The Labute approximate surface area is 143 Å². The van der Waals surface area contributed by atoms with Crippen molar-refractivity contribution in [3.05, 3.63) is 30.3 Å². The van der Waals surface area contributed by atoms with Gasteiger partial charge in [0.05, 0.1) is 39.0 Å². The highest BCUT2D eigenvalue weighted by atomic mass is 16.5. The average molecular weight is 334 g/mol. The molecule has 132 valence electrons. The number of nitrogens with zero attached hydrogens (tertiary/aromatic N) is 2. The summed E-state index contributed by atoms with van der Waals surface area (Å²) < 4.78 is 16.4. The number of hydrogen-bond acceptors (Lipinski definition) is 6. The predicted molar refractivity (Wildman–Crippen MR) is 91.2 cm³/mol. The van der Waals surface area contributed by atoms with Crippen LogP contribution in [0.15, 0.2) is 30.3 Å². The van der Waals surface area contributed by atoms with Crippen LogP contribution in [-0.2, 0) is 19.0 Å². The molecule has 2 atom stereocenters. The fraction of sp³-hybridized carbons (Fsp3) is 0.611. The molecule has 2 heterocycles. The topological polar surface area (TPSA) is 51.2 Å². The van der Waals surface area contributed by atoms with Gasteiger partial charge in [-0.3, -0.25) is 9.69 Å². The van der Waals surface area contributed by atoms with Crippen molar-refractivity contribution in [2.24, 2.45) is 0 Å². The van der Waals surface area contributed by atoms with Gasteiger partial charge in [-0.25, -0.2) is 0 Å². The molecule has 0 unspecified atom stereocenters. The van der Waals surface area contributed by atoms with Crippen molar-refractivity contribution in [1.82, 2.24) is 4.90 Å². The molecule has 0 bridgehead atoms. The van der Waals surface area contributed by atoms with Crippen molar-refractivity contribution in [1.29, 1.82) is 0 Å². The second-order valence-corrected chi connectivity index (χ2v) is 6.31. The molecule has 0 aliphatic carbocycles. The van der Waals surface area contributed by atoms with E-state index in [0.29, 0.717) is 13.0 Å². The maximum absolute atomic E-state index is 11.4. The van der Waals surface area contributed by atoms with E-state index in [9.17, 15) is 4.79 Å². The van der Waals surface area contributed by atoms with Crippen LogP contribution in [0, 0.1) is 0 Å². The van der Waals surface area contributed by atoms with E-state index in [4.69, 9.17) is 14.2 Å². The maximum atomic E-state index is 11.4. The van der Waals surface area contributed by atoms with Crippen LogP contribution >= 0.6 is 0 Å². The van der Waals surface area contributed by atoms with Crippen LogP contribution in [0.5, 0.6) is 0 Å². The second kappa shape index (κ2) is 8.46. The molecule has 24 heavy (non-hydrogen) atoms. The average Bonchev–Trinajstić information content (AvgIpc) is 2.63. The first-order chi connectivity index (χ1) is 11.7. The van der Waals surface area contributed by atoms with E-state index in [0.717, 1.165) is 39.3 Å². The second-order valence-electron chi connectivity index (χ2n) is 6.31. The van der Waals surface area contributed by atoms with Crippen molar-refractivity contribution < 1.29 is 19.0 Å². The van der Waals surface area contributed by atoms with Gasteiger partial charge < -0.3 is 19.1 Å². The largest absolute Gasteiger partial charge is 0.469 e.